The van der Waals surface area contributed by atoms with Gasteiger partial charge in [0.25, 0.3) is 0 Å². The van der Waals surface area contributed by atoms with Gasteiger partial charge in [0.2, 0.25) is 10.0 Å². The van der Waals surface area contributed by atoms with Gasteiger partial charge in [0.15, 0.2) is 5.82 Å². The third-order valence-corrected chi connectivity index (χ3v) is 3.68. The van der Waals surface area contributed by atoms with E-state index in [2.05, 4.69) is 15.7 Å². The van der Waals surface area contributed by atoms with Gasteiger partial charge in [-0.1, -0.05) is 19.3 Å². The molecule has 1 aromatic heterocycles. The molecule has 0 aliphatic heterocycles. The SMILES string of the molecule is C#CC(CCC)NS(=O)(=O)c1cn(C)nc1N. The molecule has 0 amide bonds. The van der Waals surface area contributed by atoms with Crippen LogP contribution in [0.15, 0.2) is 11.1 Å². The van der Waals surface area contributed by atoms with E-state index in [1.807, 2.05) is 6.92 Å². The Morgan fingerprint density at radius 3 is 2.76 bits per heavy atom. The predicted molar refractivity (Wildman–Crippen MR) is 65.5 cm³/mol. The fraction of sp³-hybridized carbons (Fsp3) is 0.500. The summed E-state index contributed by atoms with van der Waals surface area (Å²) >= 11 is 0. The van der Waals surface area contributed by atoms with Gasteiger partial charge >= 0.3 is 0 Å². The Labute approximate surface area is 101 Å². The second-order valence-corrected chi connectivity index (χ2v) is 5.36. The highest BCUT2D eigenvalue weighted by Gasteiger charge is 2.23. The van der Waals surface area contributed by atoms with Crippen molar-refractivity contribution in [3.8, 4) is 12.3 Å². The maximum atomic E-state index is 12.0. The number of aryl methyl sites for hydroxylation is 1. The minimum atomic E-state index is -3.70. The van der Waals surface area contributed by atoms with Crippen LogP contribution in [0.2, 0.25) is 0 Å². The first-order valence-electron chi connectivity index (χ1n) is 5.18. The summed E-state index contributed by atoms with van der Waals surface area (Å²) in [6, 6.07) is -0.524. The highest BCUT2D eigenvalue weighted by Crippen LogP contribution is 2.16. The Morgan fingerprint density at radius 1 is 1.71 bits per heavy atom. The number of anilines is 1. The van der Waals surface area contributed by atoms with Crippen molar-refractivity contribution in [3.63, 3.8) is 0 Å². The van der Waals surface area contributed by atoms with E-state index in [1.165, 1.54) is 10.9 Å². The molecule has 0 aliphatic carbocycles. The van der Waals surface area contributed by atoms with Crippen molar-refractivity contribution in [1.29, 1.82) is 0 Å². The maximum absolute atomic E-state index is 12.0. The summed E-state index contributed by atoms with van der Waals surface area (Å²) in [5, 5.41) is 3.78. The molecule has 3 N–H and O–H groups in total. The van der Waals surface area contributed by atoms with Crippen molar-refractivity contribution in [2.45, 2.75) is 30.7 Å². The Balaban J connectivity index is 2.97. The number of nitrogens with two attached hydrogens (primary N) is 1. The quantitative estimate of drug-likeness (QED) is 0.730. The van der Waals surface area contributed by atoms with Gasteiger partial charge in [0.05, 0.1) is 6.04 Å². The first-order valence-corrected chi connectivity index (χ1v) is 6.66. The van der Waals surface area contributed by atoms with Crippen molar-refractivity contribution in [2.24, 2.45) is 7.05 Å². The molecule has 0 spiro atoms. The van der Waals surface area contributed by atoms with E-state index >= 15 is 0 Å². The van der Waals surface area contributed by atoms with E-state index in [0.29, 0.717) is 6.42 Å². The molecule has 1 rings (SSSR count). The lowest BCUT2D eigenvalue weighted by molar-refractivity contribution is 0.564. The number of terminal acetylenes is 1. The summed E-state index contributed by atoms with van der Waals surface area (Å²) in [6.45, 7) is 1.93. The largest absolute Gasteiger partial charge is 0.381 e. The monoisotopic (exact) mass is 256 g/mol. The van der Waals surface area contributed by atoms with E-state index in [9.17, 15) is 8.42 Å². The van der Waals surface area contributed by atoms with Crippen molar-refractivity contribution in [3.05, 3.63) is 6.20 Å². The predicted octanol–water partition coefficient (Wildman–Crippen LogP) is 0.0825. The number of aromatic nitrogens is 2. The normalized spacial score (nSPS) is 13.2. The number of nitrogens with zero attached hydrogens (tertiary/aromatic N) is 2. The van der Waals surface area contributed by atoms with Gasteiger partial charge in [0, 0.05) is 13.2 Å². The molecule has 17 heavy (non-hydrogen) atoms. The van der Waals surface area contributed by atoms with E-state index in [0.717, 1.165) is 6.42 Å². The second-order valence-electron chi connectivity index (χ2n) is 3.68. The molecular formula is C10H16N4O2S. The summed E-state index contributed by atoms with van der Waals surface area (Å²) < 4.78 is 27.7. The van der Waals surface area contributed by atoms with Crippen molar-refractivity contribution in [1.82, 2.24) is 14.5 Å². The zero-order valence-corrected chi connectivity index (χ0v) is 10.7. The second kappa shape index (κ2) is 5.21. The van der Waals surface area contributed by atoms with Crippen LogP contribution in [0.4, 0.5) is 5.82 Å². The van der Waals surface area contributed by atoms with Crippen LogP contribution in [0.5, 0.6) is 0 Å². The lowest BCUT2D eigenvalue weighted by Gasteiger charge is -2.11. The molecule has 1 atom stereocenters. The first kappa shape index (κ1) is 13.5. The van der Waals surface area contributed by atoms with Crippen molar-refractivity contribution in [2.75, 3.05) is 5.73 Å². The minimum absolute atomic E-state index is 0.0349. The Kier molecular flexibility index (Phi) is 4.15. The molecule has 1 heterocycles. The molecule has 7 heteroatoms. The van der Waals surface area contributed by atoms with Gasteiger partial charge < -0.3 is 5.73 Å². The van der Waals surface area contributed by atoms with Crippen LogP contribution in [0.25, 0.3) is 0 Å². The van der Waals surface area contributed by atoms with Gasteiger partial charge in [-0.3, -0.25) is 4.68 Å². The third-order valence-electron chi connectivity index (χ3n) is 2.19. The van der Waals surface area contributed by atoms with Crippen LogP contribution in [-0.2, 0) is 17.1 Å². The van der Waals surface area contributed by atoms with Crippen LogP contribution < -0.4 is 10.5 Å². The third kappa shape index (κ3) is 3.22. The standard InChI is InChI=1S/C10H16N4O2S/c1-4-6-8(5-2)13-17(15,16)9-7-14(3)12-10(9)11/h2,7-8,13H,4,6H2,1,3H3,(H2,11,12). The van der Waals surface area contributed by atoms with Crippen molar-refractivity contribution < 1.29 is 8.42 Å². The molecule has 1 aromatic rings. The van der Waals surface area contributed by atoms with Gasteiger partial charge in [0.1, 0.15) is 4.90 Å². The van der Waals surface area contributed by atoms with Crippen LogP contribution in [0.3, 0.4) is 0 Å². The maximum Gasteiger partial charge on any atom is 0.246 e. The van der Waals surface area contributed by atoms with Crippen LogP contribution in [-0.4, -0.2) is 24.2 Å². The summed E-state index contributed by atoms with van der Waals surface area (Å²) in [7, 11) is -2.11. The lowest BCUT2D eigenvalue weighted by atomic mass is 10.2. The molecule has 0 saturated carbocycles. The van der Waals surface area contributed by atoms with E-state index in [4.69, 9.17) is 12.2 Å². The molecule has 1 unspecified atom stereocenters. The average molecular weight is 256 g/mol. The van der Waals surface area contributed by atoms with E-state index in [-0.39, 0.29) is 10.7 Å². The van der Waals surface area contributed by atoms with E-state index in [1.54, 1.807) is 7.05 Å². The molecule has 0 bridgehead atoms. The number of hydrogen-bond donors (Lipinski definition) is 2. The molecule has 6 nitrogen and oxygen atoms in total. The van der Waals surface area contributed by atoms with Gasteiger partial charge in [-0.2, -0.15) is 9.82 Å². The summed E-state index contributed by atoms with van der Waals surface area (Å²) in [4.78, 5) is -0.0450. The number of sulfonamides is 1. The van der Waals surface area contributed by atoms with Gasteiger partial charge in [-0.25, -0.2) is 8.42 Å². The number of nitrogen functional groups attached to an aromatic ring is 1. The molecule has 0 fully saturated rings. The van der Waals surface area contributed by atoms with Crippen LogP contribution in [0, 0.1) is 12.3 Å². The molecule has 94 valence electrons. The molecule has 0 saturated heterocycles. The summed E-state index contributed by atoms with van der Waals surface area (Å²) in [5.41, 5.74) is 5.52. The topological polar surface area (TPSA) is 90.0 Å². The molecule has 0 radical (unpaired) electrons. The smallest absolute Gasteiger partial charge is 0.246 e. The zero-order valence-electron chi connectivity index (χ0n) is 9.84. The number of hydrogen-bond acceptors (Lipinski definition) is 4. The lowest BCUT2D eigenvalue weighted by Crippen LogP contribution is -2.33. The summed E-state index contributed by atoms with van der Waals surface area (Å²) in [6.07, 6.45) is 7.97. The Hall–Kier alpha value is -1.52. The Bertz CT molecular complexity index is 527. The highest BCUT2D eigenvalue weighted by molar-refractivity contribution is 7.89. The minimum Gasteiger partial charge on any atom is -0.381 e. The fourth-order valence-electron chi connectivity index (χ4n) is 1.41. The number of rotatable bonds is 5. The Morgan fingerprint density at radius 2 is 2.35 bits per heavy atom. The van der Waals surface area contributed by atoms with E-state index < -0.39 is 16.1 Å². The van der Waals surface area contributed by atoms with Gasteiger partial charge in [-0.15, -0.1) is 6.42 Å². The highest BCUT2D eigenvalue weighted by atomic mass is 32.2. The van der Waals surface area contributed by atoms with Crippen LogP contribution >= 0.6 is 0 Å². The number of nitrogens with one attached hydrogen (secondary N) is 1. The fourth-order valence-corrected chi connectivity index (χ4v) is 2.70. The molecular weight excluding hydrogens is 240 g/mol. The molecule has 0 aliphatic rings. The van der Waals surface area contributed by atoms with Gasteiger partial charge in [-0.05, 0) is 6.42 Å². The van der Waals surface area contributed by atoms with Crippen LogP contribution in [0.1, 0.15) is 19.8 Å². The van der Waals surface area contributed by atoms with Crippen molar-refractivity contribution >= 4 is 15.8 Å². The first-order chi connectivity index (χ1) is 7.90. The molecule has 0 aromatic carbocycles. The summed E-state index contributed by atoms with van der Waals surface area (Å²) in [5.74, 6) is 2.36. The average Bonchev–Trinajstić information content (AvgIpc) is 2.57. The zero-order chi connectivity index (χ0) is 13.1.